The van der Waals surface area contributed by atoms with Crippen LogP contribution in [0.1, 0.15) is 13.3 Å². The van der Waals surface area contributed by atoms with Crippen LogP contribution in [0.4, 0.5) is 0 Å². The maximum Gasteiger partial charge on any atom is 0.310 e. The number of hydrogen-bond donors (Lipinski definition) is 1. The highest BCUT2D eigenvalue weighted by Crippen LogP contribution is 2.35. The van der Waals surface area contributed by atoms with Gasteiger partial charge in [-0.05, 0) is 35.8 Å². The van der Waals surface area contributed by atoms with Gasteiger partial charge >= 0.3 is 5.97 Å². The summed E-state index contributed by atoms with van der Waals surface area (Å²) in [5.74, 6) is -1.02. The number of carboxylic acids is 1. The molecule has 1 atom stereocenters. The third-order valence-electron chi connectivity index (χ3n) is 3.90. The minimum atomic E-state index is -3.91. The van der Waals surface area contributed by atoms with E-state index in [1.807, 2.05) is 0 Å². The lowest BCUT2D eigenvalue weighted by molar-refractivity contribution is -0.146. The third-order valence-corrected chi connectivity index (χ3v) is 6.08. The van der Waals surface area contributed by atoms with E-state index in [0.717, 1.165) is 4.31 Å². The van der Waals surface area contributed by atoms with Crippen LogP contribution < -0.4 is 0 Å². The molecule has 1 aliphatic heterocycles. The summed E-state index contributed by atoms with van der Waals surface area (Å²) in [6.45, 7) is 1.56. The topological polar surface area (TPSA) is 114 Å². The Morgan fingerprint density at radius 3 is 2.73 bits per heavy atom. The highest BCUT2D eigenvalue weighted by atomic mass is 35.5. The summed E-state index contributed by atoms with van der Waals surface area (Å²) in [4.78, 5) is 11.2. The van der Waals surface area contributed by atoms with E-state index in [1.165, 1.54) is 19.1 Å². The van der Waals surface area contributed by atoms with Crippen LogP contribution in [0, 0.1) is 5.41 Å². The van der Waals surface area contributed by atoms with E-state index in [9.17, 15) is 18.3 Å². The fraction of sp³-hybridized carbons (Fsp3) is 0.417. The van der Waals surface area contributed by atoms with Crippen LogP contribution in [-0.2, 0) is 14.8 Å². The van der Waals surface area contributed by atoms with Gasteiger partial charge < -0.3 is 5.11 Å². The van der Waals surface area contributed by atoms with Crippen molar-refractivity contribution < 1.29 is 22.9 Å². The van der Waals surface area contributed by atoms with E-state index >= 15 is 0 Å². The fourth-order valence-electron chi connectivity index (χ4n) is 2.46. The normalized spacial score (nSPS) is 23.2. The fourth-order valence-corrected chi connectivity index (χ4v) is 4.33. The molecule has 0 saturated carbocycles. The van der Waals surface area contributed by atoms with Gasteiger partial charge in [0.2, 0.25) is 10.0 Å². The molecule has 8 nitrogen and oxygen atoms in total. The van der Waals surface area contributed by atoms with Crippen molar-refractivity contribution in [2.45, 2.75) is 18.2 Å². The predicted octanol–water partition coefficient (Wildman–Crippen LogP) is 1.36. The molecule has 1 unspecified atom stereocenters. The smallest absolute Gasteiger partial charge is 0.310 e. The lowest BCUT2D eigenvalue weighted by Gasteiger charge is -2.20. The van der Waals surface area contributed by atoms with Gasteiger partial charge in [-0.1, -0.05) is 11.6 Å². The van der Waals surface area contributed by atoms with Crippen LogP contribution >= 0.6 is 11.6 Å². The zero-order chi connectivity index (χ0) is 16.1. The molecule has 2 aromatic rings. The average Bonchev–Trinajstić information content (AvgIpc) is 3.07. The van der Waals surface area contributed by atoms with Crippen LogP contribution in [0.3, 0.4) is 0 Å². The van der Waals surface area contributed by atoms with E-state index in [1.54, 1.807) is 0 Å². The van der Waals surface area contributed by atoms with Gasteiger partial charge in [0, 0.05) is 13.1 Å². The number of carbonyl (C=O) groups is 1. The number of rotatable bonds is 3. The second-order valence-electron chi connectivity index (χ2n) is 5.46. The first-order valence-corrected chi connectivity index (χ1v) is 8.22. The highest BCUT2D eigenvalue weighted by molar-refractivity contribution is 7.89. The van der Waals surface area contributed by atoms with E-state index in [0.29, 0.717) is 0 Å². The van der Waals surface area contributed by atoms with Crippen molar-refractivity contribution in [2.75, 3.05) is 13.1 Å². The van der Waals surface area contributed by atoms with Crippen LogP contribution in [0.15, 0.2) is 21.7 Å². The monoisotopic (exact) mass is 345 g/mol. The number of aromatic nitrogens is 2. The van der Waals surface area contributed by atoms with Crippen LogP contribution in [0.25, 0.3) is 11.0 Å². The number of nitrogens with zero attached hydrogens (tertiary/aromatic N) is 3. The molecule has 0 radical (unpaired) electrons. The van der Waals surface area contributed by atoms with E-state index in [2.05, 4.69) is 14.9 Å². The summed E-state index contributed by atoms with van der Waals surface area (Å²) >= 11 is 5.92. The average molecular weight is 346 g/mol. The molecule has 10 heteroatoms. The Kier molecular flexibility index (Phi) is 3.38. The molecule has 0 aliphatic carbocycles. The summed E-state index contributed by atoms with van der Waals surface area (Å²) < 4.78 is 31.2. The molecule has 118 valence electrons. The molecule has 1 aromatic heterocycles. The van der Waals surface area contributed by atoms with Crippen molar-refractivity contribution in [3.05, 3.63) is 17.2 Å². The number of aliphatic carboxylic acids is 1. The molecule has 1 fully saturated rings. The first-order valence-electron chi connectivity index (χ1n) is 6.40. The molecule has 1 N–H and O–H groups in total. The van der Waals surface area contributed by atoms with Gasteiger partial charge in [-0.25, -0.2) is 13.0 Å². The highest BCUT2D eigenvalue weighted by Gasteiger charge is 2.45. The van der Waals surface area contributed by atoms with Crippen molar-refractivity contribution in [2.24, 2.45) is 5.41 Å². The van der Waals surface area contributed by atoms with Gasteiger partial charge in [-0.15, -0.1) is 0 Å². The maximum absolute atomic E-state index is 12.7. The Labute approximate surface area is 130 Å². The number of hydrogen-bond acceptors (Lipinski definition) is 6. The van der Waals surface area contributed by atoms with Crippen molar-refractivity contribution in [3.63, 3.8) is 0 Å². The van der Waals surface area contributed by atoms with Gasteiger partial charge in [0.25, 0.3) is 0 Å². The first-order chi connectivity index (χ1) is 10.3. The van der Waals surface area contributed by atoms with Gasteiger partial charge in [0.05, 0.1) is 10.4 Å². The van der Waals surface area contributed by atoms with Crippen LogP contribution in [0.5, 0.6) is 0 Å². The minimum absolute atomic E-state index is 0.0384. The number of sulfonamides is 1. The van der Waals surface area contributed by atoms with E-state index in [4.69, 9.17) is 11.6 Å². The quantitative estimate of drug-likeness (QED) is 0.893. The zero-order valence-corrected chi connectivity index (χ0v) is 13.1. The van der Waals surface area contributed by atoms with Crippen molar-refractivity contribution in [3.8, 4) is 0 Å². The Hall–Kier alpha value is -1.71. The van der Waals surface area contributed by atoms with Gasteiger partial charge in [-0.3, -0.25) is 4.79 Å². The predicted molar refractivity (Wildman–Crippen MR) is 75.9 cm³/mol. The van der Waals surface area contributed by atoms with Crippen LogP contribution in [0.2, 0.25) is 5.02 Å². The Bertz CT molecular complexity index is 865. The van der Waals surface area contributed by atoms with Crippen molar-refractivity contribution in [1.29, 1.82) is 0 Å². The minimum Gasteiger partial charge on any atom is -0.481 e. The van der Waals surface area contributed by atoms with Crippen molar-refractivity contribution >= 4 is 38.6 Å². The lowest BCUT2D eigenvalue weighted by atomic mass is 9.90. The number of benzene rings is 1. The standard InChI is InChI=1S/C12H12ClN3O5S/c1-12(11(17)18)4-5-16(6-12)22(19,20)8-3-2-7(13)9-10(8)15-21-14-9/h2-3H,4-6H2,1H3,(H,17,18). The summed E-state index contributed by atoms with van der Waals surface area (Å²) in [7, 11) is -3.91. The molecule has 0 spiro atoms. The van der Waals surface area contributed by atoms with E-state index < -0.39 is 21.4 Å². The van der Waals surface area contributed by atoms with Gasteiger partial charge in [0.15, 0.2) is 11.0 Å². The molecule has 3 rings (SSSR count). The Morgan fingerprint density at radius 2 is 2.09 bits per heavy atom. The molecule has 0 amide bonds. The SMILES string of the molecule is CC1(C(=O)O)CCN(S(=O)(=O)c2ccc(Cl)c3nonc23)C1. The van der Waals surface area contributed by atoms with Gasteiger partial charge in [0.1, 0.15) is 4.90 Å². The second-order valence-corrected chi connectivity index (χ2v) is 7.77. The summed E-state index contributed by atoms with van der Waals surface area (Å²) in [6, 6.07) is 2.72. The first kappa shape index (κ1) is 15.2. The molecule has 1 saturated heterocycles. The summed E-state index contributed by atoms with van der Waals surface area (Å²) in [5, 5.41) is 16.6. The van der Waals surface area contributed by atoms with Crippen molar-refractivity contribution in [1.82, 2.24) is 14.6 Å². The molecular formula is C12H12ClN3O5S. The second kappa shape index (κ2) is 4.90. The molecule has 22 heavy (non-hydrogen) atoms. The number of carboxylic acid groups (broad SMARTS) is 1. The number of fused-ring (bicyclic) bond motifs is 1. The summed E-state index contributed by atoms with van der Waals surface area (Å²) in [5.41, 5.74) is -0.903. The Morgan fingerprint density at radius 1 is 1.41 bits per heavy atom. The molecule has 1 aliphatic rings. The zero-order valence-electron chi connectivity index (χ0n) is 11.5. The third kappa shape index (κ3) is 2.16. The largest absolute Gasteiger partial charge is 0.481 e. The summed E-state index contributed by atoms with van der Waals surface area (Å²) in [6.07, 6.45) is 0.245. The van der Waals surface area contributed by atoms with Crippen LogP contribution in [-0.4, -0.2) is 47.2 Å². The lowest BCUT2D eigenvalue weighted by Crippen LogP contribution is -2.35. The molecular weight excluding hydrogens is 334 g/mol. The Balaban J connectivity index is 2.05. The van der Waals surface area contributed by atoms with E-state index in [-0.39, 0.29) is 40.5 Å². The number of halogens is 1. The maximum atomic E-state index is 12.7. The molecule has 0 bridgehead atoms. The molecule has 1 aromatic carbocycles. The molecule has 2 heterocycles. The van der Waals surface area contributed by atoms with Gasteiger partial charge in [-0.2, -0.15) is 4.31 Å².